The Morgan fingerprint density at radius 1 is 1.00 bits per heavy atom. The Labute approximate surface area is 151 Å². The Balaban J connectivity index is 1.53. The van der Waals surface area contributed by atoms with E-state index in [0.29, 0.717) is 41.9 Å². The van der Waals surface area contributed by atoms with Crippen LogP contribution in [0.15, 0.2) is 12.2 Å². The van der Waals surface area contributed by atoms with E-state index < -0.39 is 12.0 Å². The van der Waals surface area contributed by atoms with E-state index in [0.717, 1.165) is 24.7 Å². The van der Waals surface area contributed by atoms with Crippen LogP contribution >= 0.6 is 0 Å². The summed E-state index contributed by atoms with van der Waals surface area (Å²) in [6.45, 7) is 8.98. The maximum atomic E-state index is 13.3. The highest BCUT2D eigenvalue weighted by molar-refractivity contribution is 5.14. The second-order valence-electron chi connectivity index (χ2n) is 10.1. The summed E-state index contributed by atoms with van der Waals surface area (Å²) >= 11 is 0. The zero-order valence-electron chi connectivity index (χ0n) is 15.8. The highest BCUT2D eigenvalue weighted by Crippen LogP contribution is 2.65. The monoisotopic (exact) mass is 352 g/mol. The van der Waals surface area contributed by atoms with Crippen LogP contribution in [0.1, 0.15) is 71.6 Å². The second kappa shape index (κ2) is 6.04. The summed E-state index contributed by atoms with van der Waals surface area (Å²) in [6.07, 6.45) is 6.23. The van der Waals surface area contributed by atoms with Crippen LogP contribution in [0, 0.1) is 40.9 Å². The van der Waals surface area contributed by atoms with E-state index in [1.165, 1.54) is 37.7 Å². The van der Waals surface area contributed by atoms with Crippen molar-refractivity contribution in [3.05, 3.63) is 12.2 Å². The van der Waals surface area contributed by atoms with Gasteiger partial charge in [0, 0.05) is 0 Å². The first-order valence-electron chi connectivity index (χ1n) is 10.4. The standard InChI is InChI=1S/C22H34F2O/c1-13(2)18-6-7-19-17-5-4-14-12-22(25,20(23)24)11-9-15(14)16(17)8-10-21(18,19)3/h14-20,25H,1,4-12H2,2-3H3/t14-,15-,16+,17+,18+,19-,21+,22-/m0/s1. The first-order chi connectivity index (χ1) is 11.8. The Morgan fingerprint density at radius 2 is 1.72 bits per heavy atom. The maximum absolute atomic E-state index is 13.3. The van der Waals surface area contributed by atoms with E-state index in [-0.39, 0.29) is 0 Å². The van der Waals surface area contributed by atoms with Gasteiger partial charge in [-0.3, -0.25) is 0 Å². The number of rotatable bonds is 2. The number of alkyl halides is 2. The van der Waals surface area contributed by atoms with E-state index in [2.05, 4.69) is 20.4 Å². The number of fused-ring (bicyclic) bond motifs is 5. The summed E-state index contributed by atoms with van der Waals surface area (Å²) in [4.78, 5) is 0. The number of allylic oxidation sites excluding steroid dienone is 1. The van der Waals surface area contributed by atoms with Gasteiger partial charge in [-0.15, -0.1) is 0 Å². The summed E-state index contributed by atoms with van der Waals surface area (Å²) in [5, 5.41) is 10.3. The van der Waals surface area contributed by atoms with E-state index in [1.807, 2.05) is 0 Å². The van der Waals surface area contributed by atoms with Crippen LogP contribution in [0.5, 0.6) is 0 Å². The smallest absolute Gasteiger partial charge is 0.266 e. The fourth-order valence-electron chi connectivity index (χ4n) is 7.92. The van der Waals surface area contributed by atoms with Gasteiger partial charge in [-0.2, -0.15) is 0 Å². The lowest BCUT2D eigenvalue weighted by Gasteiger charge is -2.57. The average molecular weight is 353 g/mol. The van der Waals surface area contributed by atoms with Crippen LogP contribution in [-0.2, 0) is 0 Å². The van der Waals surface area contributed by atoms with Crippen molar-refractivity contribution < 1.29 is 13.9 Å². The van der Waals surface area contributed by atoms with Crippen molar-refractivity contribution in [2.45, 2.75) is 83.7 Å². The van der Waals surface area contributed by atoms with Crippen LogP contribution in [0.3, 0.4) is 0 Å². The van der Waals surface area contributed by atoms with Crippen molar-refractivity contribution >= 4 is 0 Å². The highest BCUT2D eigenvalue weighted by atomic mass is 19.3. The molecule has 4 saturated carbocycles. The van der Waals surface area contributed by atoms with Gasteiger partial charge in [0.05, 0.1) is 0 Å². The molecule has 4 aliphatic carbocycles. The van der Waals surface area contributed by atoms with Crippen molar-refractivity contribution in [3.63, 3.8) is 0 Å². The fourth-order valence-corrected chi connectivity index (χ4v) is 7.92. The van der Waals surface area contributed by atoms with Crippen LogP contribution in [0.2, 0.25) is 0 Å². The third-order valence-corrected chi connectivity index (χ3v) is 9.05. The molecule has 4 fully saturated rings. The first kappa shape index (κ1) is 17.9. The number of halogens is 2. The minimum Gasteiger partial charge on any atom is -0.384 e. The maximum Gasteiger partial charge on any atom is 0.266 e. The average Bonchev–Trinajstić information content (AvgIpc) is 2.91. The lowest BCUT2D eigenvalue weighted by Crippen LogP contribution is -2.52. The van der Waals surface area contributed by atoms with Crippen molar-refractivity contribution in [3.8, 4) is 0 Å². The summed E-state index contributed by atoms with van der Waals surface area (Å²) < 4.78 is 26.6. The number of hydrogen-bond acceptors (Lipinski definition) is 1. The van der Waals surface area contributed by atoms with Crippen LogP contribution < -0.4 is 0 Å². The lowest BCUT2D eigenvalue weighted by atomic mass is 9.48. The lowest BCUT2D eigenvalue weighted by molar-refractivity contribution is -0.158. The molecule has 0 aliphatic heterocycles. The molecule has 0 aromatic carbocycles. The third kappa shape index (κ3) is 2.63. The molecule has 0 heterocycles. The molecule has 4 aliphatic rings. The molecule has 0 amide bonds. The Hall–Kier alpha value is -0.440. The number of hydrogen-bond donors (Lipinski definition) is 1. The van der Waals surface area contributed by atoms with Gasteiger partial charge >= 0.3 is 0 Å². The van der Waals surface area contributed by atoms with Crippen molar-refractivity contribution in [1.29, 1.82) is 0 Å². The predicted molar refractivity (Wildman–Crippen MR) is 96.4 cm³/mol. The van der Waals surface area contributed by atoms with Crippen LogP contribution in [0.4, 0.5) is 8.78 Å². The predicted octanol–water partition coefficient (Wildman–Crippen LogP) is 5.83. The quantitative estimate of drug-likeness (QED) is 0.620. The summed E-state index contributed by atoms with van der Waals surface area (Å²) in [5.74, 6) is 3.85. The normalized spacial score (nSPS) is 52.4. The Kier molecular flexibility index (Phi) is 4.34. The van der Waals surface area contributed by atoms with Crippen molar-refractivity contribution in [1.82, 2.24) is 0 Å². The minimum atomic E-state index is -2.59. The van der Waals surface area contributed by atoms with Crippen LogP contribution in [-0.4, -0.2) is 17.1 Å². The largest absolute Gasteiger partial charge is 0.384 e. The molecule has 1 nitrogen and oxygen atoms in total. The minimum absolute atomic E-state index is 0.297. The Morgan fingerprint density at radius 3 is 2.40 bits per heavy atom. The summed E-state index contributed by atoms with van der Waals surface area (Å²) in [6, 6.07) is 0. The molecule has 0 saturated heterocycles. The molecular formula is C22H34F2O. The molecule has 25 heavy (non-hydrogen) atoms. The SMILES string of the molecule is C=C(C)[C@H]1CC[C@H]2[C@@H]3CC[C@H]4C[C@](O)(C(F)F)CC[C@@H]4[C@H]3CC[C@]12C. The second-order valence-corrected chi connectivity index (χ2v) is 10.1. The molecule has 142 valence electrons. The van der Waals surface area contributed by atoms with Gasteiger partial charge in [-0.25, -0.2) is 8.78 Å². The molecule has 0 spiro atoms. The Bertz CT molecular complexity index is 546. The summed E-state index contributed by atoms with van der Waals surface area (Å²) in [7, 11) is 0. The van der Waals surface area contributed by atoms with Gasteiger partial charge in [0.2, 0.25) is 0 Å². The fraction of sp³-hybridized carbons (Fsp3) is 0.909. The first-order valence-corrected chi connectivity index (χ1v) is 10.4. The van der Waals surface area contributed by atoms with Gasteiger partial charge in [-0.1, -0.05) is 19.1 Å². The topological polar surface area (TPSA) is 20.2 Å². The molecule has 3 heteroatoms. The van der Waals surface area contributed by atoms with E-state index in [9.17, 15) is 13.9 Å². The van der Waals surface area contributed by atoms with Gasteiger partial charge in [0.1, 0.15) is 5.60 Å². The number of aliphatic hydroxyl groups is 1. The zero-order valence-corrected chi connectivity index (χ0v) is 15.8. The van der Waals surface area contributed by atoms with Crippen molar-refractivity contribution in [2.75, 3.05) is 0 Å². The van der Waals surface area contributed by atoms with E-state index in [4.69, 9.17) is 0 Å². The third-order valence-electron chi connectivity index (χ3n) is 9.05. The van der Waals surface area contributed by atoms with Gasteiger partial charge in [0.25, 0.3) is 6.43 Å². The van der Waals surface area contributed by atoms with Crippen molar-refractivity contribution in [2.24, 2.45) is 40.9 Å². The molecule has 8 atom stereocenters. The van der Waals surface area contributed by atoms with Gasteiger partial charge in [0.15, 0.2) is 0 Å². The molecule has 0 unspecified atom stereocenters. The highest BCUT2D eigenvalue weighted by Gasteiger charge is 2.58. The van der Waals surface area contributed by atoms with Crippen LogP contribution in [0.25, 0.3) is 0 Å². The van der Waals surface area contributed by atoms with E-state index >= 15 is 0 Å². The molecule has 4 rings (SSSR count). The molecule has 0 aromatic rings. The molecule has 0 bridgehead atoms. The zero-order chi connectivity index (χ0) is 18.0. The molecular weight excluding hydrogens is 318 g/mol. The van der Waals surface area contributed by atoms with Gasteiger partial charge in [-0.05, 0) is 106 Å². The van der Waals surface area contributed by atoms with Gasteiger partial charge < -0.3 is 5.11 Å². The summed E-state index contributed by atoms with van der Waals surface area (Å²) in [5.41, 5.74) is 0.0603. The van der Waals surface area contributed by atoms with E-state index in [1.54, 1.807) is 0 Å². The molecule has 0 aromatic heterocycles. The molecule has 0 radical (unpaired) electrons. The molecule has 1 N–H and O–H groups in total.